The molecule has 0 aliphatic carbocycles. The van der Waals surface area contributed by atoms with Crippen molar-refractivity contribution in [1.29, 1.82) is 0 Å². The number of anilines is 1. The third-order valence-electron chi connectivity index (χ3n) is 5.18. The molecule has 2 N–H and O–H groups in total. The molecule has 0 spiro atoms. The van der Waals surface area contributed by atoms with Gasteiger partial charge in [0.15, 0.2) is 0 Å². The highest BCUT2D eigenvalue weighted by atomic mass is 16.3. The van der Waals surface area contributed by atoms with Crippen LogP contribution in [-0.2, 0) is 4.79 Å². The maximum absolute atomic E-state index is 12.4. The summed E-state index contributed by atoms with van der Waals surface area (Å²) in [5.41, 5.74) is 2.06. The van der Waals surface area contributed by atoms with Crippen molar-refractivity contribution in [1.82, 2.24) is 10.2 Å². The Hall–Kier alpha value is -2.11. The number of nitrogens with zero attached hydrogens (tertiary/aromatic N) is 1. The standard InChI is InChI=1S/C22H31N3O2/c1-17(2)18-9-4-5-10-19(18)24-22(26)16-23-15-20(21-11-8-14-27-21)25-12-6-3-7-13-25/h4-5,8-11,14,17,20,23H,3,6-7,12-13,15-16H2,1-2H3,(H,24,26)/t20-/m1/s1. The second-order valence-corrected chi connectivity index (χ2v) is 7.55. The fourth-order valence-corrected chi connectivity index (χ4v) is 3.75. The van der Waals surface area contributed by atoms with Crippen molar-refractivity contribution < 1.29 is 9.21 Å². The fourth-order valence-electron chi connectivity index (χ4n) is 3.75. The number of carbonyl (C=O) groups excluding carboxylic acids is 1. The van der Waals surface area contributed by atoms with Crippen LogP contribution in [0.3, 0.4) is 0 Å². The molecule has 3 rings (SSSR count). The molecule has 1 aromatic heterocycles. The maximum Gasteiger partial charge on any atom is 0.238 e. The van der Waals surface area contributed by atoms with Gasteiger partial charge in [-0.05, 0) is 55.6 Å². The van der Waals surface area contributed by atoms with Gasteiger partial charge in [0, 0.05) is 12.2 Å². The van der Waals surface area contributed by atoms with Crippen LogP contribution in [0.2, 0.25) is 0 Å². The van der Waals surface area contributed by atoms with Gasteiger partial charge in [0.25, 0.3) is 0 Å². The molecule has 5 heteroatoms. The Labute approximate surface area is 162 Å². The molecule has 1 amide bonds. The van der Waals surface area contributed by atoms with Crippen LogP contribution in [0, 0.1) is 0 Å². The van der Waals surface area contributed by atoms with Crippen LogP contribution >= 0.6 is 0 Å². The van der Waals surface area contributed by atoms with Gasteiger partial charge in [0.2, 0.25) is 5.91 Å². The van der Waals surface area contributed by atoms with Crippen molar-refractivity contribution in [3.8, 4) is 0 Å². The van der Waals surface area contributed by atoms with Crippen LogP contribution in [0.4, 0.5) is 5.69 Å². The summed E-state index contributed by atoms with van der Waals surface area (Å²) in [5, 5.41) is 6.37. The van der Waals surface area contributed by atoms with Gasteiger partial charge < -0.3 is 15.1 Å². The number of nitrogens with one attached hydrogen (secondary N) is 2. The molecule has 1 aromatic carbocycles. The second kappa shape index (κ2) is 9.72. The number of hydrogen-bond acceptors (Lipinski definition) is 4. The Morgan fingerprint density at radius 1 is 1.11 bits per heavy atom. The first-order chi connectivity index (χ1) is 13.1. The molecular formula is C22H31N3O2. The largest absolute Gasteiger partial charge is 0.468 e. The molecular weight excluding hydrogens is 338 g/mol. The van der Waals surface area contributed by atoms with E-state index < -0.39 is 0 Å². The van der Waals surface area contributed by atoms with E-state index in [1.54, 1.807) is 6.26 Å². The number of hydrogen-bond donors (Lipinski definition) is 2. The summed E-state index contributed by atoms with van der Waals surface area (Å²) < 4.78 is 5.66. The van der Waals surface area contributed by atoms with Crippen LogP contribution in [0.5, 0.6) is 0 Å². The Morgan fingerprint density at radius 3 is 2.59 bits per heavy atom. The van der Waals surface area contributed by atoms with E-state index in [-0.39, 0.29) is 18.5 Å². The predicted octanol–water partition coefficient (Wildman–Crippen LogP) is 4.16. The normalized spacial score (nSPS) is 16.4. The zero-order valence-electron chi connectivity index (χ0n) is 16.4. The van der Waals surface area contributed by atoms with E-state index in [1.165, 1.54) is 19.3 Å². The number of piperidine rings is 1. The van der Waals surface area contributed by atoms with Crippen molar-refractivity contribution in [3.63, 3.8) is 0 Å². The predicted molar refractivity (Wildman–Crippen MR) is 109 cm³/mol. The topological polar surface area (TPSA) is 57.5 Å². The first-order valence-electron chi connectivity index (χ1n) is 10.0. The summed E-state index contributed by atoms with van der Waals surface area (Å²) >= 11 is 0. The minimum absolute atomic E-state index is 0.0139. The molecule has 2 heterocycles. The summed E-state index contributed by atoms with van der Waals surface area (Å²) in [7, 11) is 0. The lowest BCUT2D eigenvalue weighted by atomic mass is 10.0. The maximum atomic E-state index is 12.4. The molecule has 146 valence electrons. The van der Waals surface area contributed by atoms with Gasteiger partial charge >= 0.3 is 0 Å². The first kappa shape index (κ1) is 19.6. The number of para-hydroxylation sites is 1. The van der Waals surface area contributed by atoms with Gasteiger partial charge in [-0.25, -0.2) is 0 Å². The van der Waals surface area contributed by atoms with Crippen LogP contribution in [0.25, 0.3) is 0 Å². The van der Waals surface area contributed by atoms with E-state index in [4.69, 9.17) is 4.42 Å². The van der Waals surface area contributed by atoms with Crippen LogP contribution in [0.1, 0.15) is 56.4 Å². The third kappa shape index (κ3) is 5.44. The van der Waals surface area contributed by atoms with Crippen molar-refractivity contribution in [2.75, 3.05) is 31.5 Å². The van der Waals surface area contributed by atoms with E-state index in [0.29, 0.717) is 12.5 Å². The van der Waals surface area contributed by atoms with E-state index in [0.717, 1.165) is 30.1 Å². The monoisotopic (exact) mass is 369 g/mol. The summed E-state index contributed by atoms with van der Waals surface area (Å²) in [6, 6.07) is 12.1. The van der Waals surface area contributed by atoms with Crippen molar-refractivity contribution >= 4 is 11.6 Å². The molecule has 0 radical (unpaired) electrons. The number of rotatable bonds is 8. The van der Waals surface area contributed by atoms with Gasteiger partial charge in [-0.3, -0.25) is 9.69 Å². The van der Waals surface area contributed by atoms with Crippen molar-refractivity contribution in [2.45, 2.75) is 45.1 Å². The Balaban J connectivity index is 1.54. The summed E-state index contributed by atoms with van der Waals surface area (Å²) in [5.74, 6) is 1.33. The molecule has 0 unspecified atom stereocenters. The van der Waals surface area contributed by atoms with Crippen molar-refractivity contribution in [2.24, 2.45) is 0 Å². The zero-order valence-corrected chi connectivity index (χ0v) is 16.4. The van der Waals surface area contributed by atoms with Gasteiger partial charge in [-0.1, -0.05) is 38.5 Å². The van der Waals surface area contributed by atoms with E-state index in [2.05, 4.69) is 35.4 Å². The lowest BCUT2D eigenvalue weighted by molar-refractivity contribution is -0.115. The Morgan fingerprint density at radius 2 is 1.89 bits per heavy atom. The molecule has 0 saturated carbocycles. The number of furan rings is 1. The molecule has 1 aliphatic rings. The molecule has 1 fully saturated rings. The van der Waals surface area contributed by atoms with Gasteiger partial charge in [0.1, 0.15) is 5.76 Å². The lowest BCUT2D eigenvalue weighted by Crippen LogP contribution is -2.40. The first-order valence-corrected chi connectivity index (χ1v) is 10.0. The quantitative estimate of drug-likeness (QED) is 0.734. The van der Waals surface area contributed by atoms with E-state index in [1.807, 2.05) is 30.3 Å². The van der Waals surface area contributed by atoms with Crippen molar-refractivity contribution in [3.05, 3.63) is 54.0 Å². The Bertz CT molecular complexity index is 706. The smallest absolute Gasteiger partial charge is 0.238 e. The second-order valence-electron chi connectivity index (χ2n) is 7.55. The molecule has 1 saturated heterocycles. The number of amides is 1. The summed E-state index contributed by atoms with van der Waals surface area (Å²) in [6.07, 6.45) is 5.47. The van der Waals surface area contributed by atoms with Crippen LogP contribution in [0.15, 0.2) is 47.1 Å². The highest BCUT2D eigenvalue weighted by molar-refractivity contribution is 5.93. The highest BCUT2D eigenvalue weighted by Crippen LogP contribution is 2.25. The molecule has 2 aromatic rings. The number of likely N-dealkylation sites (tertiary alicyclic amines) is 1. The lowest BCUT2D eigenvalue weighted by Gasteiger charge is -2.33. The van der Waals surface area contributed by atoms with Crippen LogP contribution < -0.4 is 10.6 Å². The zero-order chi connectivity index (χ0) is 19.1. The number of carbonyl (C=O) groups is 1. The fraction of sp³-hybridized carbons (Fsp3) is 0.500. The minimum atomic E-state index is -0.0139. The van der Waals surface area contributed by atoms with Crippen LogP contribution in [-0.4, -0.2) is 37.0 Å². The molecule has 27 heavy (non-hydrogen) atoms. The average Bonchev–Trinajstić information content (AvgIpc) is 3.20. The third-order valence-corrected chi connectivity index (χ3v) is 5.18. The summed E-state index contributed by atoms with van der Waals surface area (Å²) in [4.78, 5) is 14.9. The van der Waals surface area contributed by atoms with Gasteiger partial charge in [-0.2, -0.15) is 0 Å². The van der Waals surface area contributed by atoms with Gasteiger partial charge in [0.05, 0.1) is 18.8 Å². The SMILES string of the molecule is CC(C)c1ccccc1NC(=O)CNC[C@H](c1ccco1)N1CCCCC1. The van der Waals surface area contributed by atoms with Gasteiger partial charge in [-0.15, -0.1) is 0 Å². The Kier molecular flexibility index (Phi) is 7.07. The molecule has 5 nitrogen and oxygen atoms in total. The minimum Gasteiger partial charge on any atom is -0.468 e. The molecule has 1 atom stereocenters. The van der Waals surface area contributed by atoms with E-state index in [9.17, 15) is 4.79 Å². The molecule has 1 aliphatic heterocycles. The highest BCUT2D eigenvalue weighted by Gasteiger charge is 2.24. The molecule has 0 bridgehead atoms. The number of benzene rings is 1. The van der Waals surface area contributed by atoms with E-state index >= 15 is 0 Å². The average molecular weight is 370 g/mol. The summed E-state index contributed by atoms with van der Waals surface area (Å²) in [6.45, 7) is 7.43.